The molecule has 0 saturated carbocycles. The first-order chi connectivity index (χ1) is 14.5. The van der Waals surface area contributed by atoms with Crippen LogP contribution in [0.5, 0.6) is 5.75 Å². The van der Waals surface area contributed by atoms with Crippen LogP contribution in [0.4, 0.5) is 5.82 Å². The number of anilines is 1. The molecule has 0 spiro atoms. The maximum Gasteiger partial charge on any atom is 0.266 e. The summed E-state index contributed by atoms with van der Waals surface area (Å²) >= 11 is 0. The summed E-state index contributed by atoms with van der Waals surface area (Å²) in [7, 11) is -1.02. The number of nitrogens with zero attached hydrogens (tertiary/aromatic N) is 3. The summed E-state index contributed by atoms with van der Waals surface area (Å²) in [6.45, 7) is 0.840. The first kappa shape index (κ1) is 19.9. The lowest BCUT2D eigenvalue weighted by molar-refractivity contribution is 0.184. The molecule has 1 N–H and O–H groups in total. The van der Waals surface area contributed by atoms with Crippen LogP contribution in [0.15, 0.2) is 64.3 Å². The zero-order chi connectivity index (χ0) is 21.1. The van der Waals surface area contributed by atoms with E-state index >= 15 is 0 Å². The van der Waals surface area contributed by atoms with Crippen molar-refractivity contribution in [3.63, 3.8) is 0 Å². The standard InChI is InChI=1S/C20H20N4O5S/c1-27-13-15-5-7-17(28-2)19(11-15)30(25,26)23-20-16-6-4-14(10-18(16)29-22-20)12-24-9-3-8-21-24/h3-11H,12-13H2,1-2H3,(H,22,23). The number of ether oxygens (including phenoxy) is 2. The van der Waals surface area contributed by atoms with Crippen LogP contribution in [0.25, 0.3) is 11.0 Å². The second-order valence-corrected chi connectivity index (χ2v) is 8.24. The van der Waals surface area contributed by atoms with Crippen molar-refractivity contribution in [1.29, 1.82) is 0 Å². The van der Waals surface area contributed by atoms with Crippen molar-refractivity contribution in [1.82, 2.24) is 14.9 Å². The highest BCUT2D eigenvalue weighted by atomic mass is 32.2. The maximum absolute atomic E-state index is 13.0. The predicted molar refractivity (Wildman–Crippen MR) is 110 cm³/mol. The molecule has 0 bridgehead atoms. The van der Waals surface area contributed by atoms with Crippen molar-refractivity contribution < 1.29 is 22.4 Å². The van der Waals surface area contributed by atoms with Crippen LogP contribution in [0.1, 0.15) is 11.1 Å². The van der Waals surface area contributed by atoms with E-state index in [0.717, 1.165) is 5.56 Å². The molecule has 0 aliphatic rings. The largest absolute Gasteiger partial charge is 0.495 e. The Hall–Kier alpha value is -3.37. The zero-order valence-electron chi connectivity index (χ0n) is 16.4. The van der Waals surface area contributed by atoms with Gasteiger partial charge in [-0.15, -0.1) is 0 Å². The molecule has 0 saturated heterocycles. The minimum absolute atomic E-state index is 0.00833. The molecule has 4 rings (SSSR count). The highest BCUT2D eigenvalue weighted by Crippen LogP contribution is 2.30. The molecule has 2 heterocycles. The fourth-order valence-electron chi connectivity index (χ4n) is 3.10. The van der Waals surface area contributed by atoms with Crippen LogP contribution in [0.2, 0.25) is 0 Å². The molecule has 4 aromatic rings. The summed E-state index contributed by atoms with van der Waals surface area (Å²) in [5, 5.41) is 8.63. The molecule has 0 fully saturated rings. The van der Waals surface area contributed by atoms with E-state index in [4.69, 9.17) is 14.0 Å². The molecule has 0 amide bonds. The Bertz CT molecular complexity index is 1270. The number of sulfonamides is 1. The monoisotopic (exact) mass is 428 g/mol. The lowest BCUT2D eigenvalue weighted by Crippen LogP contribution is -2.15. The van der Waals surface area contributed by atoms with Crippen molar-refractivity contribution in [2.75, 3.05) is 18.9 Å². The second kappa shape index (κ2) is 8.17. The van der Waals surface area contributed by atoms with Crippen LogP contribution >= 0.6 is 0 Å². The summed E-state index contributed by atoms with van der Waals surface area (Å²) in [5.41, 5.74) is 2.12. The van der Waals surface area contributed by atoms with Crippen molar-refractivity contribution in [2.24, 2.45) is 0 Å². The topological polar surface area (TPSA) is 108 Å². The van der Waals surface area contributed by atoms with Gasteiger partial charge in [0.05, 0.1) is 25.6 Å². The normalized spacial score (nSPS) is 11.7. The third-order valence-electron chi connectivity index (χ3n) is 4.50. The molecule has 0 aliphatic heterocycles. The van der Waals surface area contributed by atoms with Gasteiger partial charge in [0, 0.05) is 19.5 Å². The summed E-state index contributed by atoms with van der Waals surface area (Å²) in [6, 6.07) is 12.1. The average Bonchev–Trinajstić information content (AvgIpc) is 3.38. The van der Waals surface area contributed by atoms with Gasteiger partial charge in [-0.05, 0) is 41.5 Å². The smallest absolute Gasteiger partial charge is 0.266 e. The van der Waals surface area contributed by atoms with Gasteiger partial charge in [-0.3, -0.25) is 9.40 Å². The number of nitrogens with one attached hydrogen (secondary N) is 1. The number of benzene rings is 2. The second-order valence-electron chi connectivity index (χ2n) is 6.59. The van der Waals surface area contributed by atoms with Crippen molar-refractivity contribution in [3.05, 3.63) is 66.0 Å². The molecule has 30 heavy (non-hydrogen) atoms. The van der Waals surface area contributed by atoms with Crippen LogP contribution in [-0.4, -0.2) is 37.6 Å². The molecule has 9 nitrogen and oxygen atoms in total. The van der Waals surface area contributed by atoms with E-state index in [1.165, 1.54) is 13.2 Å². The van der Waals surface area contributed by atoms with Gasteiger partial charge in [0.25, 0.3) is 10.0 Å². The van der Waals surface area contributed by atoms with E-state index in [2.05, 4.69) is 15.0 Å². The molecule has 10 heteroatoms. The Labute approximate surface area is 173 Å². The van der Waals surface area contributed by atoms with Crippen molar-refractivity contribution >= 4 is 26.8 Å². The minimum atomic E-state index is -3.98. The molecular weight excluding hydrogens is 408 g/mol. The SMILES string of the molecule is COCc1ccc(OC)c(S(=O)(=O)Nc2noc3cc(Cn4cccn4)ccc23)c1. The summed E-state index contributed by atoms with van der Waals surface area (Å²) in [6.07, 6.45) is 3.56. The van der Waals surface area contributed by atoms with Gasteiger partial charge in [-0.2, -0.15) is 5.10 Å². The lowest BCUT2D eigenvalue weighted by atomic mass is 10.1. The highest BCUT2D eigenvalue weighted by Gasteiger charge is 2.23. The van der Waals surface area contributed by atoms with Gasteiger partial charge in [0.1, 0.15) is 10.6 Å². The van der Waals surface area contributed by atoms with E-state index in [0.29, 0.717) is 23.1 Å². The first-order valence-electron chi connectivity index (χ1n) is 9.04. The molecule has 2 aromatic carbocycles. The third kappa shape index (κ3) is 4.00. The van der Waals surface area contributed by atoms with Crippen LogP contribution in [0, 0.1) is 0 Å². The Morgan fingerprint density at radius 3 is 2.70 bits per heavy atom. The summed E-state index contributed by atoms with van der Waals surface area (Å²) < 4.78 is 46.0. The summed E-state index contributed by atoms with van der Waals surface area (Å²) in [5.74, 6) is 0.325. The van der Waals surface area contributed by atoms with Crippen LogP contribution in [0.3, 0.4) is 0 Å². The Kier molecular flexibility index (Phi) is 5.42. The number of hydrogen-bond acceptors (Lipinski definition) is 7. The Morgan fingerprint density at radius 1 is 1.13 bits per heavy atom. The molecule has 0 atom stereocenters. The Morgan fingerprint density at radius 2 is 1.97 bits per heavy atom. The quantitative estimate of drug-likeness (QED) is 0.459. The fourth-order valence-corrected chi connectivity index (χ4v) is 4.34. The van der Waals surface area contributed by atoms with E-state index in [1.54, 1.807) is 36.2 Å². The van der Waals surface area contributed by atoms with Gasteiger partial charge in [-0.1, -0.05) is 17.3 Å². The number of rotatable bonds is 8. The number of aromatic nitrogens is 3. The van der Waals surface area contributed by atoms with E-state index < -0.39 is 10.0 Å². The molecule has 156 valence electrons. The van der Waals surface area contributed by atoms with Gasteiger partial charge in [-0.25, -0.2) is 8.42 Å². The molecule has 2 aromatic heterocycles. The number of hydrogen-bond donors (Lipinski definition) is 1. The molecule has 0 aliphatic carbocycles. The lowest BCUT2D eigenvalue weighted by Gasteiger charge is -2.12. The highest BCUT2D eigenvalue weighted by molar-refractivity contribution is 7.92. The van der Waals surface area contributed by atoms with Crippen molar-refractivity contribution in [3.8, 4) is 5.75 Å². The van der Waals surface area contributed by atoms with E-state index in [-0.39, 0.29) is 23.1 Å². The van der Waals surface area contributed by atoms with Crippen LogP contribution in [-0.2, 0) is 27.9 Å². The van der Waals surface area contributed by atoms with Gasteiger partial charge >= 0.3 is 0 Å². The maximum atomic E-state index is 13.0. The molecule has 0 radical (unpaired) electrons. The number of methoxy groups -OCH3 is 2. The predicted octanol–water partition coefficient (Wildman–Crippen LogP) is 3.03. The summed E-state index contributed by atoms with van der Waals surface area (Å²) in [4.78, 5) is -0.00833. The van der Waals surface area contributed by atoms with Gasteiger partial charge in [0.15, 0.2) is 11.4 Å². The molecule has 0 unspecified atom stereocenters. The number of fused-ring (bicyclic) bond motifs is 1. The first-order valence-corrected chi connectivity index (χ1v) is 10.5. The zero-order valence-corrected chi connectivity index (χ0v) is 17.2. The molecular formula is C20H20N4O5S. The Balaban J connectivity index is 1.64. The van der Waals surface area contributed by atoms with Crippen LogP contribution < -0.4 is 9.46 Å². The minimum Gasteiger partial charge on any atom is -0.495 e. The average molecular weight is 428 g/mol. The van der Waals surface area contributed by atoms with E-state index in [1.807, 2.05) is 24.4 Å². The fraction of sp³-hybridized carbons (Fsp3) is 0.200. The third-order valence-corrected chi connectivity index (χ3v) is 5.86. The van der Waals surface area contributed by atoms with Crippen molar-refractivity contribution in [2.45, 2.75) is 18.0 Å². The van der Waals surface area contributed by atoms with Gasteiger partial charge < -0.3 is 14.0 Å². The van der Waals surface area contributed by atoms with Gasteiger partial charge in [0.2, 0.25) is 0 Å². The van der Waals surface area contributed by atoms with E-state index in [9.17, 15) is 8.42 Å².